The molecule has 0 aliphatic carbocycles. The maximum Gasteiger partial charge on any atom is 0.389 e. The Balaban J connectivity index is 0. The van der Waals surface area contributed by atoms with E-state index in [0.717, 1.165) is 0 Å². The maximum atomic E-state index is 11.2. The van der Waals surface area contributed by atoms with Crippen LogP contribution in [0.4, 0.5) is 13.2 Å². The van der Waals surface area contributed by atoms with Gasteiger partial charge in [-0.1, -0.05) is 27.2 Å². The first kappa shape index (κ1) is 15.2. The molecule has 0 aliphatic rings. The van der Waals surface area contributed by atoms with Crippen LogP contribution in [0.2, 0.25) is 0 Å². The fraction of sp³-hybridized carbons (Fsp3) is 1.00. The Labute approximate surface area is 78.0 Å². The van der Waals surface area contributed by atoms with E-state index in [0.29, 0.717) is 18.9 Å². The minimum atomic E-state index is -3.95. The van der Waals surface area contributed by atoms with Crippen molar-refractivity contribution in [3.63, 3.8) is 0 Å². The summed E-state index contributed by atoms with van der Waals surface area (Å²) in [7, 11) is 0. The minimum Gasteiger partial charge on any atom is -0.396 e. The zero-order valence-electron chi connectivity index (χ0n) is 8.49. The van der Waals surface area contributed by atoms with E-state index in [2.05, 4.69) is 0 Å². The topological polar surface area (TPSA) is 20.2 Å². The lowest BCUT2D eigenvalue weighted by molar-refractivity contribution is -0.135. The lowest BCUT2D eigenvalue weighted by Crippen LogP contribution is -2.05. The van der Waals surface area contributed by atoms with Crippen molar-refractivity contribution in [1.29, 1.82) is 0 Å². The lowest BCUT2D eigenvalue weighted by atomic mass is 10.2. The number of aliphatic hydroxyl groups excluding tert-OH is 1. The molecule has 1 nitrogen and oxygen atoms in total. The van der Waals surface area contributed by atoms with Gasteiger partial charge in [-0.05, 0) is 12.3 Å². The van der Waals surface area contributed by atoms with Crippen molar-refractivity contribution in [2.45, 2.75) is 46.2 Å². The highest BCUT2D eigenvalue weighted by Gasteiger charge is 2.25. The molecular formula is C9H19F3O. The molecule has 0 saturated heterocycles. The van der Waals surface area contributed by atoms with Crippen LogP contribution in [0.15, 0.2) is 0 Å². The molecule has 4 heteroatoms. The molecule has 0 spiro atoms. The first-order chi connectivity index (χ1) is 5.83. The molecule has 0 unspecified atom stereocenters. The normalized spacial score (nSPS) is 11.1. The van der Waals surface area contributed by atoms with Crippen LogP contribution in [0.1, 0.15) is 40.0 Å². The van der Waals surface area contributed by atoms with Crippen molar-refractivity contribution in [3.05, 3.63) is 0 Å². The van der Waals surface area contributed by atoms with Gasteiger partial charge in [-0.3, -0.25) is 0 Å². The van der Waals surface area contributed by atoms with Crippen molar-refractivity contribution in [1.82, 2.24) is 0 Å². The first-order valence-corrected chi connectivity index (χ1v) is 4.51. The summed E-state index contributed by atoms with van der Waals surface area (Å²) in [5.41, 5.74) is 0. The van der Waals surface area contributed by atoms with Gasteiger partial charge in [0.25, 0.3) is 0 Å². The molecule has 0 aromatic rings. The summed E-state index contributed by atoms with van der Waals surface area (Å²) < 4.78 is 33.7. The Morgan fingerprint density at radius 1 is 1.23 bits per heavy atom. The van der Waals surface area contributed by atoms with E-state index in [1.54, 1.807) is 6.92 Å². The molecule has 0 fully saturated rings. The Bertz CT molecular complexity index is 99.5. The van der Waals surface area contributed by atoms with Crippen LogP contribution in [0.3, 0.4) is 0 Å². The Morgan fingerprint density at radius 2 is 1.62 bits per heavy atom. The average molecular weight is 200 g/mol. The molecule has 82 valence electrons. The molecule has 0 amide bonds. The Morgan fingerprint density at radius 3 is 1.69 bits per heavy atom. The number of hydrogen-bond donors (Lipinski definition) is 1. The van der Waals surface area contributed by atoms with Gasteiger partial charge in [-0.25, -0.2) is 0 Å². The predicted molar refractivity (Wildman–Crippen MR) is 47.5 cm³/mol. The molecule has 0 radical (unpaired) electrons. The number of halogens is 3. The molecule has 0 atom stereocenters. The van der Waals surface area contributed by atoms with Crippen molar-refractivity contribution < 1.29 is 18.3 Å². The largest absolute Gasteiger partial charge is 0.396 e. The summed E-state index contributed by atoms with van der Waals surface area (Å²) in [5.74, 6) is 0.440. The monoisotopic (exact) mass is 200 g/mol. The summed E-state index contributed by atoms with van der Waals surface area (Å²) in [4.78, 5) is 0. The van der Waals surface area contributed by atoms with Gasteiger partial charge in [0, 0.05) is 13.0 Å². The third-order valence-corrected chi connectivity index (χ3v) is 1.18. The van der Waals surface area contributed by atoms with Gasteiger partial charge in [0.15, 0.2) is 0 Å². The van der Waals surface area contributed by atoms with Gasteiger partial charge in [-0.15, -0.1) is 0 Å². The molecule has 0 aliphatic heterocycles. The summed E-state index contributed by atoms with van der Waals surface area (Å²) in [6, 6.07) is 0. The number of aliphatic hydroxyl groups is 1. The second kappa shape index (κ2) is 8.35. The first-order valence-electron chi connectivity index (χ1n) is 4.51. The van der Waals surface area contributed by atoms with Crippen LogP contribution in [0, 0.1) is 5.92 Å². The fourth-order valence-corrected chi connectivity index (χ4v) is 0.377. The van der Waals surface area contributed by atoms with Crippen molar-refractivity contribution in [3.8, 4) is 0 Å². The summed E-state index contributed by atoms with van der Waals surface area (Å²) in [6.07, 6.45) is -3.72. The van der Waals surface area contributed by atoms with Crippen LogP contribution in [-0.4, -0.2) is 17.9 Å². The molecule has 0 rings (SSSR count). The Kier molecular flexibility index (Phi) is 9.79. The summed E-state index contributed by atoms with van der Waals surface area (Å²) >= 11 is 0. The third-order valence-electron chi connectivity index (χ3n) is 1.18. The standard InChI is InChI=1S/C5H9F3.C4H10O/c1-2-3-4-5(6,7)8;1-4(2)3-5/h2-4H2,1H3;4-5H,3H2,1-2H3. The molecule has 0 saturated carbocycles. The van der Waals surface area contributed by atoms with Gasteiger partial charge >= 0.3 is 6.18 Å². The van der Waals surface area contributed by atoms with Gasteiger partial charge in [0.1, 0.15) is 0 Å². The smallest absolute Gasteiger partial charge is 0.389 e. The van der Waals surface area contributed by atoms with E-state index >= 15 is 0 Å². The van der Waals surface area contributed by atoms with Gasteiger partial charge in [0.2, 0.25) is 0 Å². The van der Waals surface area contributed by atoms with E-state index < -0.39 is 12.6 Å². The van der Waals surface area contributed by atoms with E-state index in [9.17, 15) is 13.2 Å². The highest BCUT2D eigenvalue weighted by molar-refractivity contribution is 4.47. The van der Waals surface area contributed by atoms with Crippen molar-refractivity contribution in [2.24, 2.45) is 5.92 Å². The van der Waals surface area contributed by atoms with Crippen LogP contribution in [0.25, 0.3) is 0 Å². The van der Waals surface area contributed by atoms with Crippen LogP contribution >= 0.6 is 0 Å². The molecule has 0 bridgehead atoms. The van der Waals surface area contributed by atoms with Gasteiger partial charge < -0.3 is 5.11 Å². The average Bonchev–Trinajstić information content (AvgIpc) is 2.00. The SMILES string of the molecule is CC(C)CO.CCCCC(F)(F)F. The van der Waals surface area contributed by atoms with E-state index in [1.165, 1.54) is 0 Å². The molecule has 0 heterocycles. The second-order valence-electron chi connectivity index (χ2n) is 3.30. The summed E-state index contributed by atoms with van der Waals surface area (Å²) in [5, 5.41) is 8.14. The van der Waals surface area contributed by atoms with Crippen LogP contribution in [0.5, 0.6) is 0 Å². The van der Waals surface area contributed by atoms with Crippen molar-refractivity contribution in [2.75, 3.05) is 6.61 Å². The molecular weight excluding hydrogens is 181 g/mol. The third kappa shape index (κ3) is 24.5. The predicted octanol–water partition coefficient (Wildman–Crippen LogP) is 3.37. The zero-order valence-corrected chi connectivity index (χ0v) is 8.49. The molecule has 1 N–H and O–H groups in total. The maximum absolute atomic E-state index is 11.2. The minimum absolute atomic E-state index is 0.253. The molecule has 0 aromatic carbocycles. The highest BCUT2D eigenvalue weighted by Crippen LogP contribution is 2.21. The lowest BCUT2D eigenvalue weighted by Gasteiger charge is -2.02. The number of unbranched alkanes of at least 4 members (excludes halogenated alkanes) is 1. The van der Waals surface area contributed by atoms with Gasteiger partial charge in [0.05, 0.1) is 0 Å². The number of hydrogen-bond acceptors (Lipinski definition) is 1. The van der Waals surface area contributed by atoms with Crippen LogP contribution in [-0.2, 0) is 0 Å². The summed E-state index contributed by atoms with van der Waals surface area (Å²) in [6.45, 7) is 5.99. The van der Waals surface area contributed by atoms with Crippen molar-refractivity contribution >= 4 is 0 Å². The van der Waals surface area contributed by atoms with E-state index in [1.807, 2.05) is 13.8 Å². The quantitative estimate of drug-likeness (QED) is 0.740. The number of alkyl halides is 3. The van der Waals surface area contributed by atoms with Crippen LogP contribution < -0.4 is 0 Å². The Hall–Kier alpha value is -0.250. The van der Waals surface area contributed by atoms with E-state index in [4.69, 9.17) is 5.11 Å². The van der Waals surface area contributed by atoms with Gasteiger partial charge in [-0.2, -0.15) is 13.2 Å². The number of rotatable bonds is 3. The molecule has 13 heavy (non-hydrogen) atoms. The fourth-order valence-electron chi connectivity index (χ4n) is 0.377. The van der Waals surface area contributed by atoms with E-state index in [-0.39, 0.29) is 6.42 Å². The highest BCUT2D eigenvalue weighted by atomic mass is 19.4. The zero-order chi connectivity index (χ0) is 10.9. The molecule has 0 aromatic heterocycles. The second-order valence-corrected chi connectivity index (χ2v) is 3.30.